The van der Waals surface area contributed by atoms with E-state index in [2.05, 4.69) is 10.3 Å². The fourth-order valence-corrected chi connectivity index (χ4v) is 4.10. The number of rotatable bonds is 2. The number of hydrogen-bond donors (Lipinski definition) is 1. The number of nitrogens with one attached hydrogen (secondary N) is 1. The van der Waals surface area contributed by atoms with E-state index < -0.39 is 17.6 Å². The van der Waals surface area contributed by atoms with E-state index in [4.69, 9.17) is 14.2 Å². The Kier molecular flexibility index (Phi) is 4.25. The molecule has 0 radical (unpaired) electrons. The lowest BCUT2D eigenvalue weighted by molar-refractivity contribution is -0.120. The van der Waals surface area contributed by atoms with Gasteiger partial charge in [0.25, 0.3) is 11.8 Å². The number of aromatic nitrogens is 1. The van der Waals surface area contributed by atoms with Crippen molar-refractivity contribution in [3.05, 3.63) is 53.3 Å². The SMILES string of the molecule is CN1C(=O)[C@@H](NC(=O)c2cc3c(cn2)CO[C@@]32CCOC2)COc2ccccc21. The van der Waals surface area contributed by atoms with Crippen LogP contribution in [0.1, 0.15) is 28.0 Å². The highest BCUT2D eigenvalue weighted by Gasteiger charge is 2.44. The van der Waals surface area contributed by atoms with Gasteiger partial charge in [-0.3, -0.25) is 14.6 Å². The van der Waals surface area contributed by atoms with Crippen LogP contribution in [0, 0.1) is 0 Å². The number of hydrogen-bond acceptors (Lipinski definition) is 6. The van der Waals surface area contributed by atoms with E-state index in [9.17, 15) is 9.59 Å². The van der Waals surface area contributed by atoms with E-state index in [1.807, 2.05) is 18.2 Å². The van der Waals surface area contributed by atoms with Crippen LogP contribution < -0.4 is 15.0 Å². The molecule has 1 aromatic carbocycles. The number of pyridine rings is 1. The number of fused-ring (bicyclic) bond motifs is 3. The molecule has 3 aliphatic rings. The second kappa shape index (κ2) is 6.82. The average Bonchev–Trinajstić information content (AvgIpc) is 3.35. The van der Waals surface area contributed by atoms with E-state index >= 15 is 0 Å². The van der Waals surface area contributed by atoms with Crippen molar-refractivity contribution in [2.45, 2.75) is 24.7 Å². The number of amides is 2. The minimum absolute atomic E-state index is 0.0533. The number of nitrogens with zero attached hydrogens (tertiary/aromatic N) is 2. The summed E-state index contributed by atoms with van der Waals surface area (Å²) >= 11 is 0. The molecule has 1 fully saturated rings. The van der Waals surface area contributed by atoms with E-state index in [-0.39, 0.29) is 18.2 Å². The van der Waals surface area contributed by atoms with Crippen LogP contribution in [0.2, 0.25) is 0 Å². The molecule has 29 heavy (non-hydrogen) atoms. The monoisotopic (exact) mass is 395 g/mol. The zero-order chi connectivity index (χ0) is 20.0. The normalized spacial score (nSPS) is 25.3. The summed E-state index contributed by atoms with van der Waals surface area (Å²) < 4.78 is 17.2. The van der Waals surface area contributed by atoms with E-state index in [0.717, 1.165) is 17.5 Å². The molecule has 150 valence electrons. The minimum Gasteiger partial charge on any atom is -0.489 e. The molecule has 8 heteroatoms. The highest BCUT2D eigenvalue weighted by molar-refractivity contribution is 6.02. The number of carbonyl (C=O) groups excluding carboxylic acids is 2. The van der Waals surface area contributed by atoms with Gasteiger partial charge in [-0.2, -0.15) is 0 Å². The van der Waals surface area contributed by atoms with Crippen molar-refractivity contribution in [3.8, 4) is 5.75 Å². The maximum absolute atomic E-state index is 12.9. The Morgan fingerprint density at radius 3 is 3.03 bits per heavy atom. The zero-order valence-electron chi connectivity index (χ0n) is 16.0. The Morgan fingerprint density at radius 2 is 2.21 bits per heavy atom. The number of carbonyl (C=O) groups is 2. The summed E-state index contributed by atoms with van der Waals surface area (Å²) in [6.07, 6.45) is 2.42. The highest BCUT2D eigenvalue weighted by Crippen LogP contribution is 2.42. The first-order valence-electron chi connectivity index (χ1n) is 9.59. The summed E-state index contributed by atoms with van der Waals surface area (Å²) in [6, 6.07) is 8.23. The van der Waals surface area contributed by atoms with Gasteiger partial charge in [-0.25, -0.2) is 0 Å². The van der Waals surface area contributed by atoms with E-state index in [1.165, 1.54) is 4.90 Å². The van der Waals surface area contributed by atoms with Crippen molar-refractivity contribution in [1.82, 2.24) is 10.3 Å². The Morgan fingerprint density at radius 1 is 1.34 bits per heavy atom. The molecule has 2 atom stereocenters. The van der Waals surface area contributed by atoms with E-state index in [1.54, 1.807) is 25.4 Å². The van der Waals surface area contributed by atoms with Crippen molar-refractivity contribution in [3.63, 3.8) is 0 Å². The quantitative estimate of drug-likeness (QED) is 0.826. The first-order chi connectivity index (χ1) is 14.1. The van der Waals surface area contributed by atoms with Crippen LogP contribution in [-0.2, 0) is 26.5 Å². The topological polar surface area (TPSA) is 90.0 Å². The fourth-order valence-electron chi connectivity index (χ4n) is 4.10. The number of benzene rings is 1. The molecule has 5 rings (SSSR count). The standard InChI is InChI=1S/C21H21N3O5/c1-24-17-4-2-3-5-18(17)28-11-16(20(24)26)23-19(25)15-8-14-13(9-22-15)10-29-21(14)6-7-27-12-21/h2-5,8-9,16H,6-7,10-12H2,1H3,(H,23,25)/t16-,21+/m0/s1. The molecule has 3 aliphatic heterocycles. The summed E-state index contributed by atoms with van der Waals surface area (Å²) in [7, 11) is 1.67. The molecule has 2 amide bonds. The molecule has 0 saturated carbocycles. The minimum atomic E-state index is -0.810. The van der Waals surface area contributed by atoms with Crippen molar-refractivity contribution >= 4 is 17.5 Å². The summed E-state index contributed by atoms with van der Waals surface area (Å²) in [4.78, 5) is 31.5. The second-order valence-corrected chi connectivity index (χ2v) is 7.51. The van der Waals surface area contributed by atoms with Gasteiger partial charge in [0.1, 0.15) is 29.7 Å². The molecular formula is C21H21N3O5. The van der Waals surface area contributed by atoms with Crippen molar-refractivity contribution < 1.29 is 23.8 Å². The summed E-state index contributed by atoms with van der Waals surface area (Å²) in [6.45, 7) is 1.62. The summed E-state index contributed by atoms with van der Waals surface area (Å²) in [5.74, 6) is -0.0559. The molecule has 1 N–H and O–H groups in total. The Labute approximate surface area is 167 Å². The molecule has 1 aromatic heterocycles. The van der Waals surface area contributed by atoms with E-state index in [0.29, 0.717) is 31.3 Å². The third kappa shape index (κ3) is 2.95. The lowest BCUT2D eigenvalue weighted by atomic mass is 9.92. The first-order valence-corrected chi connectivity index (χ1v) is 9.59. The molecule has 8 nitrogen and oxygen atoms in total. The largest absolute Gasteiger partial charge is 0.489 e. The van der Waals surface area contributed by atoms with Crippen LogP contribution in [0.25, 0.3) is 0 Å². The van der Waals surface area contributed by atoms with Crippen LogP contribution in [0.4, 0.5) is 5.69 Å². The van der Waals surface area contributed by atoms with Crippen molar-refractivity contribution in [2.75, 3.05) is 31.8 Å². The van der Waals surface area contributed by atoms with Gasteiger partial charge in [-0.05, 0) is 23.8 Å². The maximum Gasteiger partial charge on any atom is 0.270 e. The molecule has 0 bridgehead atoms. The molecule has 1 saturated heterocycles. The molecule has 1 spiro atoms. The summed E-state index contributed by atoms with van der Waals surface area (Å²) in [5, 5.41) is 2.77. The van der Waals surface area contributed by atoms with Crippen molar-refractivity contribution in [1.29, 1.82) is 0 Å². The Bertz CT molecular complexity index is 986. The number of para-hydroxylation sites is 2. The zero-order valence-corrected chi connectivity index (χ0v) is 16.0. The van der Waals surface area contributed by atoms with Gasteiger partial charge < -0.3 is 24.4 Å². The van der Waals surface area contributed by atoms with Gasteiger partial charge in [0, 0.05) is 31.8 Å². The summed E-state index contributed by atoms with van der Waals surface area (Å²) in [5.41, 5.74) is 2.35. The predicted molar refractivity (Wildman–Crippen MR) is 103 cm³/mol. The van der Waals surface area contributed by atoms with Crippen LogP contribution in [0.3, 0.4) is 0 Å². The van der Waals surface area contributed by atoms with Gasteiger partial charge in [0.2, 0.25) is 0 Å². The smallest absolute Gasteiger partial charge is 0.270 e. The molecule has 2 aromatic rings. The third-order valence-corrected chi connectivity index (χ3v) is 5.77. The lowest BCUT2D eigenvalue weighted by Crippen LogP contribution is -2.49. The van der Waals surface area contributed by atoms with Gasteiger partial charge in [0.05, 0.1) is 18.9 Å². The average molecular weight is 395 g/mol. The van der Waals surface area contributed by atoms with Crippen molar-refractivity contribution in [2.24, 2.45) is 0 Å². The fraction of sp³-hybridized carbons (Fsp3) is 0.381. The molecule has 0 unspecified atom stereocenters. The van der Waals surface area contributed by atoms with Crippen LogP contribution in [0.5, 0.6) is 5.75 Å². The number of anilines is 1. The maximum atomic E-state index is 12.9. The van der Waals surface area contributed by atoms with Crippen LogP contribution in [-0.4, -0.2) is 49.7 Å². The van der Waals surface area contributed by atoms with Gasteiger partial charge >= 0.3 is 0 Å². The van der Waals surface area contributed by atoms with Gasteiger partial charge in [-0.1, -0.05) is 12.1 Å². The number of likely N-dealkylation sites (N-methyl/N-ethyl adjacent to an activating group) is 1. The predicted octanol–water partition coefficient (Wildman–Crippen LogP) is 1.38. The highest BCUT2D eigenvalue weighted by atomic mass is 16.6. The third-order valence-electron chi connectivity index (χ3n) is 5.77. The molecule has 4 heterocycles. The van der Waals surface area contributed by atoms with Gasteiger partial charge in [0.15, 0.2) is 0 Å². The van der Waals surface area contributed by atoms with Gasteiger partial charge in [-0.15, -0.1) is 0 Å². The Balaban J connectivity index is 1.37. The molecular weight excluding hydrogens is 374 g/mol. The second-order valence-electron chi connectivity index (χ2n) is 7.51. The number of ether oxygens (including phenoxy) is 3. The lowest BCUT2D eigenvalue weighted by Gasteiger charge is -2.22. The van der Waals surface area contributed by atoms with Crippen LogP contribution in [0.15, 0.2) is 36.5 Å². The first kappa shape index (κ1) is 18.1. The Hall–Kier alpha value is -2.97. The molecule has 0 aliphatic carbocycles. The van der Waals surface area contributed by atoms with Crippen LogP contribution >= 0.6 is 0 Å².